The van der Waals surface area contributed by atoms with Crippen LogP contribution in [0.25, 0.3) is 6.08 Å². The Bertz CT molecular complexity index is 653. The summed E-state index contributed by atoms with van der Waals surface area (Å²) in [6.45, 7) is 18.1. The van der Waals surface area contributed by atoms with E-state index in [1.165, 1.54) is 24.5 Å². The molecule has 0 aromatic heterocycles. The first-order valence-electron chi connectivity index (χ1n) is 11.2. The molecule has 0 saturated heterocycles. The van der Waals surface area contributed by atoms with Crippen molar-refractivity contribution in [1.29, 1.82) is 0 Å². The van der Waals surface area contributed by atoms with Gasteiger partial charge in [0, 0.05) is 18.2 Å². The van der Waals surface area contributed by atoms with Crippen LogP contribution in [-0.4, -0.2) is 50.7 Å². The first-order valence-corrected chi connectivity index (χ1v) is 11.2. The van der Waals surface area contributed by atoms with Crippen LogP contribution in [-0.2, 0) is 19.1 Å². The van der Waals surface area contributed by atoms with Gasteiger partial charge in [-0.25, -0.2) is 9.59 Å². The summed E-state index contributed by atoms with van der Waals surface area (Å²) >= 11 is 0. The molecule has 0 fully saturated rings. The van der Waals surface area contributed by atoms with Crippen LogP contribution < -0.4 is 0 Å². The average Bonchev–Trinajstić information content (AvgIpc) is 2.80. The third-order valence-electron chi connectivity index (χ3n) is 4.33. The van der Waals surface area contributed by atoms with Gasteiger partial charge in [0.25, 0.3) is 0 Å². The van der Waals surface area contributed by atoms with Crippen molar-refractivity contribution in [2.45, 2.75) is 46.5 Å². The van der Waals surface area contributed by atoms with Crippen LogP contribution >= 0.6 is 0 Å². The van der Waals surface area contributed by atoms with Gasteiger partial charge in [-0.3, -0.25) is 0 Å². The summed E-state index contributed by atoms with van der Waals surface area (Å²) in [5.41, 5.74) is 1.62. The van der Waals surface area contributed by atoms with Gasteiger partial charge in [0.05, 0.1) is 6.61 Å². The minimum absolute atomic E-state index is 0.310. The van der Waals surface area contributed by atoms with E-state index in [1.54, 1.807) is 6.92 Å². The van der Waals surface area contributed by atoms with E-state index in [4.69, 9.17) is 9.47 Å². The highest BCUT2D eigenvalue weighted by molar-refractivity contribution is 5.86. The lowest BCUT2D eigenvalue weighted by molar-refractivity contribution is -0.140. The summed E-state index contributed by atoms with van der Waals surface area (Å²) in [4.78, 5) is 23.5. The van der Waals surface area contributed by atoms with Crippen LogP contribution in [0.5, 0.6) is 0 Å². The van der Waals surface area contributed by atoms with Crippen molar-refractivity contribution in [3.05, 3.63) is 67.3 Å². The molecule has 0 saturated carbocycles. The van der Waals surface area contributed by atoms with Crippen molar-refractivity contribution in [2.75, 3.05) is 33.9 Å². The Hall–Kier alpha value is -2.66. The largest absolute Gasteiger partial charge is 0.462 e. The van der Waals surface area contributed by atoms with E-state index in [0.717, 1.165) is 19.4 Å². The fourth-order valence-electron chi connectivity index (χ4n) is 2.19. The van der Waals surface area contributed by atoms with Crippen LogP contribution in [0.15, 0.2) is 61.7 Å². The van der Waals surface area contributed by atoms with Crippen LogP contribution in [0.3, 0.4) is 0 Å². The standard InChI is InChI=1S/C11H20O2.C8H15NO2.C8H8/c1-4-7-8-10(5-2)9-13-11(12)6-3;1-7(2)8(10)11-6-5-9(3)4;1-2-8-6-4-3-5-7-8/h6,10H,3-5,7-9H2,1-2H3;1,5-6H2,2-4H3;2-7H,1H2. The molecular weight excluding hydrogens is 402 g/mol. The highest BCUT2D eigenvalue weighted by atomic mass is 16.5. The number of likely N-dealkylation sites (N-methyl/N-ethyl adjacent to an activating group) is 1. The second kappa shape index (κ2) is 21.6. The third-order valence-corrected chi connectivity index (χ3v) is 4.33. The first-order chi connectivity index (χ1) is 15.2. The van der Waals surface area contributed by atoms with E-state index in [9.17, 15) is 9.59 Å². The molecule has 1 rings (SSSR count). The summed E-state index contributed by atoms with van der Waals surface area (Å²) in [5, 5.41) is 0. The monoisotopic (exact) mass is 445 g/mol. The van der Waals surface area contributed by atoms with Gasteiger partial charge in [-0.2, -0.15) is 0 Å². The first kappa shape index (κ1) is 31.5. The molecule has 0 aliphatic heterocycles. The van der Waals surface area contributed by atoms with Crippen molar-refractivity contribution in [2.24, 2.45) is 5.92 Å². The summed E-state index contributed by atoms with van der Waals surface area (Å²) in [6.07, 6.45) is 7.68. The van der Waals surface area contributed by atoms with Gasteiger partial charge >= 0.3 is 11.9 Å². The predicted octanol–water partition coefficient (Wildman–Crippen LogP) is 5.93. The van der Waals surface area contributed by atoms with Crippen LogP contribution in [0.2, 0.25) is 0 Å². The van der Waals surface area contributed by atoms with Gasteiger partial charge in [-0.1, -0.05) is 89.3 Å². The van der Waals surface area contributed by atoms with Crippen molar-refractivity contribution in [3.63, 3.8) is 0 Å². The fourth-order valence-corrected chi connectivity index (χ4v) is 2.19. The zero-order valence-electron chi connectivity index (χ0n) is 20.8. The van der Waals surface area contributed by atoms with Gasteiger partial charge < -0.3 is 14.4 Å². The smallest absolute Gasteiger partial charge is 0.333 e. The Morgan fingerprint density at radius 2 is 1.72 bits per heavy atom. The number of unbranched alkanes of at least 4 members (excludes halogenated alkanes) is 1. The van der Waals surface area contributed by atoms with Crippen LogP contribution in [0.1, 0.15) is 52.0 Å². The minimum Gasteiger partial charge on any atom is -0.462 e. The number of benzene rings is 1. The Labute approximate surface area is 195 Å². The number of carbonyl (C=O) groups is 2. The van der Waals surface area contributed by atoms with Crippen molar-refractivity contribution in [3.8, 4) is 0 Å². The quantitative estimate of drug-likeness (QED) is 0.295. The van der Waals surface area contributed by atoms with E-state index in [2.05, 4.69) is 33.6 Å². The lowest BCUT2D eigenvalue weighted by atomic mass is 10.0. The molecule has 1 unspecified atom stereocenters. The highest BCUT2D eigenvalue weighted by Gasteiger charge is 2.07. The summed E-state index contributed by atoms with van der Waals surface area (Å²) < 4.78 is 9.82. The molecule has 0 aliphatic carbocycles. The zero-order valence-corrected chi connectivity index (χ0v) is 20.8. The molecule has 1 atom stereocenters. The Balaban J connectivity index is 0. The molecule has 0 bridgehead atoms. The Morgan fingerprint density at radius 1 is 1.09 bits per heavy atom. The maximum absolute atomic E-state index is 10.8. The number of carbonyl (C=O) groups excluding carboxylic acids is 2. The van der Waals surface area contributed by atoms with E-state index in [-0.39, 0.29) is 11.9 Å². The minimum atomic E-state index is -0.313. The number of hydrogen-bond donors (Lipinski definition) is 0. The van der Waals surface area contributed by atoms with Crippen molar-refractivity contribution >= 4 is 18.0 Å². The lowest BCUT2D eigenvalue weighted by Gasteiger charge is -2.13. The molecule has 32 heavy (non-hydrogen) atoms. The lowest BCUT2D eigenvalue weighted by Crippen LogP contribution is -2.20. The second-order valence-electron chi connectivity index (χ2n) is 7.58. The Morgan fingerprint density at radius 3 is 2.12 bits per heavy atom. The molecule has 0 aliphatic rings. The van der Waals surface area contributed by atoms with Gasteiger partial charge in [0.2, 0.25) is 0 Å². The van der Waals surface area contributed by atoms with Gasteiger partial charge in [-0.05, 0) is 38.9 Å². The highest BCUT2D eigenvalue weighted by Crippen LogP contribution is 2.12. The molecule has 1 aromatic carbocycles. The van der Waals surface area contributed by atoms with Crippen molar-refractivity contribution in [1.82, 2.24) is 4.90 Å². The van der Waals surface area contributed by atoms with Crippen LogP contribution in [0.4, 0.5) is 0 Å². The van der Waals surface area contributed by atoms with E-state index < -0.39 is 0 Å². The fraction of sp³-hybridized carbons (Fsp3) is 0.481. The maximum Gasteiger partial charge on any atom is 0.333 e. The summed E-state index contributed by atoms with van der Waals surface area (Å²) in [5.74, 6) is -0.106. The van der Waals surface area contributed by atoms with E-state index >= 15 is 0 Å². The number of ether oxygens (including phenoxy) is 2. The van der Waals surface area contributed by atoms with Gasteiger partial charge in [0.1, 0.15) is 6.61 Å². The predicted molar refractivity (Wildman–Crippen MR) is 135 cm³/mol. The number of rotatable bonds is 12. The second-order valence-corrected chi connectivity index (χ2v) is 7.58. The molecule has 5 nitrogen and oxygen atoms in total. The average molecular weight is 446 g/mol. The molecule has 180 valence electrons. The van der Waals surface area contributed by atoms with E-state index in [0.29, 0.717) is 24.7 Å². The van der Waals surface area contributed by atoms with Crippen molar-refractivity contribution < 1.29 is 19.1 Å². The zero-order chi connectivity index (χ0) is 24.8. The molecule has 0 radical (unpaired) electrons. The maximum atomic E-state index is 10.8. The molecule has 0 N–H and O–H groups in total. The van der Waals surface area contributed by atoms with Gasteiger partial charge in [-0.15, -0.1) is 0 Å². The number of hydrogen-bond acceptors (Lipinski definition) is 5. The van der Waals surface area contributed by atoms with Gasteiger partial charge in [0.15, 0.2) is 0 Å². The molecule has 5 heteroatoms. The third kappa shape index (κ3) is 20.6. The SMILES string of the molecule is C=C(C)C(=O)OCCN(C)C.C=CC(=O)OCC(CC)CCCC.C=Cc1ccccc1. The van der Waals surface area contributed by atoms with E-state index in [1.807, 2.05) is 55.4 Å². The summed E-state index contributed by atoms with van der Waals surface area (Å²) in [7, 11) is 3.85. The molecule has 1 aromatic rings. The molecule has 0 amide bonds. The number of nitrogens with zero attached hydrogens (tertiary/aromatic N) is 1. The normalized spacial score (nSPS) is 10.4. The molecular formula is C27H43NO4. The number of esters is 2. The summed E-state index contributed by atoms with van der Waals surface area (Å²) in [6, 6.07) is 10.0. The Kier molecular flexibility index (Phi) is 21.2. The molecule has 0 spiro atoms. The molecule has 0 heterocycles. The topological polar surface area (TPSA) is 55.8 Å². The van der Waals surface area contributed by atoms with Crippen LogP contribution in [0, 0.1) is 5.92 Å².